The summed E-state index contributed by atoms with van der Waals surface area (Å²) in [7, 11) is 0. The third-order valence-electron chi connectivity index (χ3n) is 4.63. The molecule has 2 aromatic rings. The molecule has 0 aromatic heterocycles. The van der Waals surface area contributed by atoms with Gasteiger partial charge in [0.25, 0.3) is 0 Å². The molecule has 0 aliphatic carbocycles. The first kappa shape index (κ1) is 28.9. The minimum atomic E-state index is -5.10. The largest absolute Gasteiger partial charge is 0.417 e. The maximum Gasteiger partial charge on any atom is 0.417 e. The second kappa shape index (κ2) is 11.6. The van der Waals surface area contributed by atoms with Crippen molar-refractivity contribution in [1.82, 2.24) is 5.32 Å². The number of nitriles is 1. The van der Waals surface area contributed by atoms with Crippen molar-refractivity contribution in [1.29, 1.82) is 5.26 Å². The average Bonchev–Trinajstić information content (AvgIpc) is 2.76. The van der Waals surface area contributed by atoms with Crippen LogP contribution in [0.2, 0.25) is 15.1 Å². The minimum absolute atomic E-state index is 0.0127. The summed E-state index contributed by atoms with van der Waals surface area (Å²) in [6, 6.07) is 5.11. The van der Waals surface area contributed by atoms with Gasteiger partial charge in [-0.3, -0.25) is 4.79 Å². The Bertz CT molecular complexity index is 1150. The number of hydrogen-bond acceptors (Lipinski definition) is 3. The number of allylic oxidation sites excluding steroid dienone is 1. The molecule has 188 valence electrons. The second-order valence-electron chi connectivity index (χ2n) is 7.10. The first-order valence-electron chi connectivity index (χ1n) is 9.57. The normalized spacial score (nSPS) is 13.5. The first-order valence-corrected chi connectivity index (χ1v) is 10.7. The predicted octanol–water partition coefficient (Wildman–Crippen LogP) is 8.01. The van der Waals surface area contributed by atoms with E-state index in [1.54, 1.807) is 6.07 Å². The van der Waals surface area contributed by atoms with Gasteiger partial charge in [0.15, 0.2) is 5.78 Å². The second-order valence-corrected chi connectivity index (χ2v) is 8.29. The van der Waals surface area contributed by atoms with Crippen molar-refractivity contribution in [3.8, 4) is 6.07 Å². The lowest BCUT2D eigenvalue weighted by molar-refractivity contribution is -0.140. The van der Waals surface area contributed by atoms with E-state index in [1.165, 1.54) is 0 Å². The van der Waals surface area contributed by atoms with Crippen LogP contribution in [0, 0.1) is 11.3 Å². The van der Waals surface area contributed by atoms with Crippen molar-refractivity contribution in [2.45, 2.75) is 24.7 Å². The van der Waals surface area contributed by atoms with Gasteiger partial charge >= 0.3 is 12.4 Å². The Kier molecular flexibility index (Phi) is 9.59. The van der Waals surface area contributed by atoms with E-state index in [0.29, 0.717) is 6.07 Å². The number of nitrogens with one attached hydrogen (secondary N) is 1. The number of benzene rings is 2. The molecule has 2 rings (SSSR count). The zero-order valence-corrected chi connectivity index (χ0v) is 19.6. The fraction of sp³-hybridized carbons (Fsp3) is 0.273. The predicted molar refractivity (Wildman–Crippen MR) is 118 cm³/mol. The van der Waals surface area contributed by atoms with Gasteiger partial charge < -0.3 is 5.32 Å². The van der Waals surface area contributed by atoms with Crippen molar-refractivity contribution in [3.05, 3.63) is 73.7 Å². The third-order valence-corrected chi connectivity index (χ3v) is 5.83. The van der Waals surface area contributed by atoms with Crippen LogP contribution in [0.4, 0.5) is 30.7 Å². The molecule has 0 saturated carbocycles. The summed E-state index contributed by atoms with van der Waals surface area (Å²) in [5.74, 6) is -5.23. The van der Waals surface area contributed by atoms with E-state index in [2.05, 4.69) is 5.32 Å². The summed E-state index contributed by atoms with van der Waals surface area (Å²) < 4.78 is 96.5. The highest BCUT2D eigenvalue weighted by molar-refractivity contribution is 6.48. The van der Waals surface area contributed by atoms with Crippen LogP contribution in [0.15, 0.2) is 36.4 Å². The number of hydrogen-bond donors (Lipinski definition) is 1. The molecule has 2 aromatic carbocycles. The van der Waals surface area contributed by atoms with Crippen LogP contribution in [-0.4, -0.2) is 25.0 Å². The van der Waals surface area contributed by atoms with Crippen molar-refractivity contribution < 1.29 is 35.5 Å². The molecule has 35 heavy (non-hydrogen) atoms. The molecule has 0 bridgehead atoms. The van der Waals surface area contributed by atoms with Crippen molar-refractivity contribution in [2.75, 3.05) is 13.1 Å². The Hall–Kier alpha value is -2.32. The molecule has 0 aliphatic rings. The highest BCUT2D eigenvalue weighted by Crippen LogP contribution is 2.42. The number of nitrogens with zero attached hydrogens (tertiary/aromatic N) is 1. The molecule has 0 radical (unpaired) electrons. The number of alkyl halides is 6. The number of ketones is 1. The molecule has 1 atom stereocenters. The van der Waals surface area contributed by atoms with Gasteiger partial charge in [0.1, 0.15) is 11.7 Å². The Labute approximate surface area is 210 Å². The van der Waals surface area contributed by atoms with Crippen LogP contribution in [-0.2, 0) is 6.18 Å². The van der Waals surface area contributed by atoms with Gasteiger partial charge in [0.2, 0.25) is 0 Å². The summed E-state index contributed by atoms with van der Waals surface area (Å²) in [5, 5.41) is 10.1. The van der Waals surface area contributed by atoms with Gasteiger partial charge in [0, 0.05) is 24.1 Å². The Balaban J connectivity index is 2.50. The maximum absolute atomic E-state index is 14.8. The molecule has 0 heterocycles. The maximum atomic E-state index is 14.8. The van der Waals surface area contributed by atoms with E-state index in [4.69, 9.17) is 40.1 Å². The fourth-order valence-electron chi connectivity index (χ4n) is 2.99. The van der Waals surface area contributed by atoms with Crippen molar-refractivity contribution in [2.24, 2.45) is 0 Å². The summed E-state index contributed by atoms with van der Waals surface area (Å²) >= 11 is 17.3. The fourth-order valence-corrected chi connectivity index (χ4v) is 3.60. The molecule has 0 aliphatic heterocycles. The smallest absolute Gasteiger partial charge is 0.309 e. The molecular weight excluding hydrogens is 548 g/mol. The van der Waals surface area contributed by atoms with Crippen LogP contribution >= 0.6 is 34.8 Å². The van der Waals surface area contributed by atoms with Gasteiger partial charge in [-0.25, -0.2) is 4.39 Å². The lowest BCUT2D eigenvalue weighted by atomic mass is 9.95. The summed E-state index contributed by atoms with van der Waals surface area (Å²) in [6.07, 6.45) is -10.1. The SMILES string of the molecule is N#CCCNCC(=O)c1ccc(/C(F)=C/C(c2cc(Cl)c(Cl)c(Cl)c2)C(F)(F)F)cc1C(F)(F)F. The lowest BCUT2D eigenvalue weighted by Crippen LogP contribution is -2.26. The number of halogens is 10. The molecule has 1 N–H and O–H groups in total. The molecule has 3 nitrogen and oxygen atoms in total. The molecule has 13 heteroatoms. The first-order chi connectivity index (χ1) is 16.2. The van der Waals surface area contributed by atoms with Gasteiger partial charge in [-0.15, -0.1) is 0 Å². The Morgan fingerprint density at radius 3 is 2.17 bits per heavy atom. The van der Waals surface area contributed by atoms with Gasteiger partial charge in [-0.1, -0.05) is 46.9 Å². The Morgan fingerprint density at radius 1 is 1.06 bits per heavy atom. The van der Waals surface area contributed by atoms with E-state index >= 15 is 0 Å². The number of Topliss-reactive ketones (excluding diaryl/α,β-unsaturated/α-hetero) is 1. The zero-order chi connectivity index (χ0) is 26.6. The number of carbonyl (C=O) groups is 1. The monoisotopic (exact) mass is 560 g/mol. The van der Waals surface area contributed by atoms with Crippen LogP contribution < -0.4 is 5.32 Å². The highest BCUT2D eigenvalue weighted by atomic mass is 35.5. The quantitative estimate of drug-likeness (QED) is 0.154. The zero-order valence-electron chi connectivity index (χ0n) is 17.3. The summed E-state index contributed by atoms with van der Waals surface area (Å²) in [4.78, 5) is 12.2. The van der Waals surface area contributed by atoms with Gasteiger partial charge in [0.05, 0.1) is 33.2 Å². The van der Waals surface area contributed by atoms with E-state index in [0.717, 1.165) is 18.2 Å². The van der Waals surface area contributed by atoms with Crippen molar-refractivity contribution >= 4 is 46.4 Å². The molecule has 0 saturated heterocycles. The van der Waals surface area contributed by atoms with Crippen LogP contribution in [0.5, 0.6) is 0 Å². The third kappa shape index (κ3) is 7.58. The molecular formula is C22H14Cl3F7N2O. The number of carbonyl (C=O) groups excluding carboxylic acids is 1. The van der Waals surface area contributed by atoms with Crippen molar-refractivity contribution in [3.63, 3.8) is 0 Å². The topological polar surface area (TPSA) is 52.9 Å². The minimum Gasteiger partial charge on any atom is -0.309 e. The molecule has 0 spiro atoms. The highest BCUT2D eigenvalue weighted by Gasteiger charge is 2.41. The lowest BCUT2D eigenvalue weighted by Gasteiger charge is -2.19. The van der Waals surface area contributed by atoms with Gasteiger partial charge in [-0.2, -0.15) is 31.6 Å². The number of rotatable bonds is 8. The van der Waals surface area contributed by atoms with E-state index in [9.17, 15) is 35.5 Å². The average molecular weight is 562 g/mol. The van der Waals surface area contributed by atoms with E-state index < -0.39 is 58.7 Å². The van der Waals surface area contributed by atoms with E-state index in [-0.39, 0.29) is 40.2 Å². The molecule has 1 unspecified atom stereocenters. The van der Waals surface area contributed by atoms with Crippen LogP contribution in [0.3, 0.4) is 0 Å². The molecule has 0 fully saturated rings. The summed E-state index contributed by atoms with van der Waals surface area (Å²) in [5.41, 5.74) is -3.74. The van der Waals surface area contributed by atoms with Crippen LogP contribution in [0.1, 0.15) is 39.4 Å². The van der Waals surface area contributed by atoms with Gasteiger partial charge in [-0.05, 0) is 29.8 Å². The standard InChI is InChI=1S/C22H14Cl3F7N2O/c23-16-7-12(8-17(24)20(16)25)14(21(27,28)29)9-18(26)11-2-3-13(15(6-11)22(30,31)32)19(35)10-34-5-1-4-33/h2-3,6-9,14,34H,1,5,10H2/b18-9-. The molecule has 0 amide bonds. The van der Waals surface area contributed by atoms with E-state index in [1.807, 2.05) is 0 Å². The van der Waals surface area contributed by atoms with Crippen LogP contribution in [0.25, 0.3) is 5.83 Å². The summed E-state index contributed by atoms with van der Waals surface area (Å²) in [6.45, 7) is -0.479. The Morgan fingerprint density at radius 2 is 1.66 bits per heavy atom.